The smallest absolute Gasteiger partial charge is 0.191 e. The predicted molar refractivity (Wildman–Crippen MR) is 106 cm³/mol. The highest BCUT2D eigenvalue weighted by Crippen LogP contribution is 2.10. The van der Waals surface area contributed by atoms with E-state index < -0.39 is 0 Å². The van der Waals surface area contributed by atoms with Gasteiger partial charge in [-0.2, -0.15) is 0 Å². The van der Waals surface area contributed by atoms with Gasteiger partial charge in [-0.25, -0.2) is 0 Å². The van der Waals surface area contributed by atoms with Gasteiger partial charge < -0.3 is 15.5 Å². The van der Waals surface area contributed by atoms with E-state index in [0.717, 1.165) is 25.6 Å². The summed E-state index contributed by atoms with van der Waals surface area (Å²) in [6, 6.07) is 1.69. The summed E-state index contributed by atoms with van der Waals surface area (Å²) in [7, 11) is 0. The zero-order valence-corrected chi connectivity index (χ0v) is 16.9. The van der Waals surface area contributed by atoms with Crippen molar-refractivity contribution in [2.75, 3.05) is 39.3 Å². The van der Waals surface area contributed by atoms with Crippen LogP contribution in [0.3, 0.4) is 0 Å². The first-order chi connectivity index (χ1) is 11.5. The monoisotopic (exact) mass is 339 g/mol. The van der Waals surface area contributed by atoms with E-state index in [1.54, 1.807) is 0 Å². The number of likely N-dealkylation sites (tertiary alicyclic amines) is 1. The fourth-order valence-electron chi connectivity index (χ4n) is 3.52. The van der Waals surface area contributed by atoms with Crippen molar-refractivity contribution in [1.29, 1.82) is 0 Å². The van der Waals surface area contributed by atoms with Crippen molar-refractivity contribution < 1.29 is 0 Å². The van der Waals surface area contributed by atoms with Gasteiger partial charge in [0.05, 0.1) is 6.54 Å². The maximum Gasteiger partial charge on any atom is 0.191 e. The van der Waals surface area contributed by atoms with Crippen LogP contribution in [0.4, 0.5) is 0 Å². The Labute approximate surface area is 150 Å². The molecule has 0 aliphatic carbocycles. The van der Waals surface area contributed by atoms with Gasteiger partial charge in [0.15, 0.2) is 5.96 Å². The van der Waals surface area contributed by atoms with Gasteiger partial charge in [0.1, 0.15) is 0 Å². The fourth-order valence-corrected chi connectivity index (χ4v) is 3.52. The van der Waals surface area contributed by atoms with Crippen LogP contribution in [0.2, 0.25) is 0 Å². The number of rotatable bonds is 9. The van der Waals surface area contributed by atoms with E-state index in [-0.39, 0.29) is 0 Å². The lowest BCUT2D eigenvalue weighted by atomic mass is 10.1. The van der Waals surface area contributed by atoms with Gasteiger partial charge in [0.2, 0.25) is 0 Å². The number of hydrogen-bond donors (Lipinski definition) is 2. The third-order valence-electron chi connectivity index (χ3n) is 4.77. The number of nitrogens with zero attached hydrogens (tertiary/aromatic N) is 3. The Morgan fingerprint density at radius 1 is 1.12 bits per heavy atom. The van der Waals surface area contributed by atoms with Gasteiger partial charge in [0.25, 0.3) is 0 Å². The lowest BCUT2D eigenvalue weighted by Crippen LogP contribution is -2.49. The Balaban J connectivity index is 2.45. The Morgan fingerprint density at radius 2 is 1.75 bits per heavy atom. The number of guanidine groups is 1. The molecule has 1 aliphatic rings. The van der Waals surface area contributed by atoms with Crippen LogP contribution in [0.25, 0.3) is 0 Å². The Bertz CT molecular complexity index is 338. The third-order valence-corrected chi connectivity index (χ3v) is 4.77. The maximum atomic E-state index is 4.81. The van der Waals surface area contributed by atoms with Crippen LogP contribution in [0, 0.1) is 0 Å². The minimum Gasteiger partial charge on any atom is -0.357 e. The Kier molecular flexibility index (Phi) is 10.3. The van der Waals surface area contributed by atoms with Gasteiger partial charge in [-0.15, -0.1) is 0 Å². The molecule has 0 amide bonds. The van der Waals surface area contributed by atoms with E-state index in [1.807, 2.05) is 0 Å². The summed E-state index contributed by atoms with van der Waals surface area (Å²) in [5.74, 6) is 0.985. The SMILES string of the molecule is CCCN1CCC(NC(=NCCN(C(C)C)C(C)C)NCC)CC1. The highest BCUT2D eigenvalue weighted by atomic mass is 15.2. The second kappa shape index (κ2) is 11.7. The number of hydrogen-bond acceptors (Lipinski definition) is 3. The standard InChI is InChI=1S/C19H41N5/c1-7-12-23-13-9-18(10-14-23)22-19(20-8-2)21-11-15-24(16(3)4)17(5)6/h16-18H,7-15H2,1-6H3,(H2,20,21,22). The molecule has 5 nitrogen and oxygen atoms in total. The average Bonchev–Trinajstić information content (AvgIpc) is 2.53. The summed E-state index contributed by atoms with van der Waals surface area (Å²) < 4.78 is 0. The minimum absolute atomic E-state index is 0.558. The molecule has 0 saturated carbocycles. The molecule has 1 aliphatic heterocycles. The van der Waals surface area contributed by atoms with E-state index in [2.05, 4.69) is 62.0 Å². The van der Waals surface area contributed by atoms with Crippen molar-refractivity contribution in [3.63, 3.8) is 0 Å². The Morgan fingerprint density at radius 3 is 2.25 bits per heavy atom. The number of aliphatic imine (C=N–C) groups is 1. The molecule has 0 aromatic rings. The quantitative estimate of drug-likeness (QED) is 0.500. The first kappa shape index (κ1) is 21.2. The molecule has 1 saturated heterocycles. The highest BCUT2D eigenvalue weighted by Gasteiger charge is 2.19. The minimum atomic E-state index is 0.558. The summed E-state index contributed by atoms with van der Waals surface area (Å²) in [4.78, 5) is 9.88. The van der Waals surface area contributed by atoms with E-state index in [4.69, 9.17) is 4.99 Å². The zero-order chi connectivity index (χ0) is 17.9. The molecular formula is C19H41N5. The van der Waals surface area contributed by atoms with E-state index in [9.17, 15) is 0 Å². The number of piperidine rings is 1. The molecule has 0 spiro atoms. The normalized spacial score (nSPS) is 18.0. The summed E-state index contributed by atoms with van der Waals surface area (Å²) in [5, 5.41) is 7.05. The van der Waals surface area contributed by atoms with Gasteiger partial charge in [-0.3, -0.25) is 9.89 Å². The van der Waals surface area contributed by atoms with E-state index in [0.29, 0.717) is 18.1 Å². The van der Waals surface area contributed by atoms with Crippen LogP contribution >= 0.6 is 0 Å². The van der Waals surface area contributed by atoms with Crippen LogP contribution in [-0.2, 0) is 0 Å². The van der Waals surface area contributed by atoms with Crippen molar-refractivity contribution in [1.82, 2.24) is 20.4 Å². The highest BCUT2D eigenvalue weighted by molar-refractivity contribution is 5.80. The lowest BCUT2D eigenvalue weighted by molar-refractivity contribution is 0.180. The molecule has 2 N–H and O–H groups in total. The molecular weight excluding hydrogens is 298 g/mol. The van der Waals surface area contributed by atoms with Gasteiger partial charge in [0, 0.05) is 44.3 Å². The Hall–Kier alpha value is -0.810. The largest absolute Gasteiger partial charge is 0.357 e. The van der Waals surface area contributed by atoms with Crippen molar-refractivity contribution in [2.24, 2.45) is 4.99 Å². The third kappa shape index (κ3) is 7.84. The van der Waals surface area contributed by atoms with Crippen LogP contribution in [0.15, 0.2) is 4.99 Å². The molecule has 1 heterocycles. The first-order valence-corrected chi connectivity index (χ1v) is 10.0. The zero-order valence-electron chi connectivity index (χ0n) is 16.9. The summed E-state index contributed by atoms with van der Waals surface area (Å²) in [5.41, 5.74) is 0. The summed E-state index contributed by atoms with van der Waals surface area (Å²) in [6.07, 6.45) is 3.69. The van der Waals surface area contributed by atoms with Gasteiger partial charge in [-0.05, 0) is 60.4 Å². The van der Waals surface area contributed by atoms with Crippen LogP contribution < -0.4 is 10.6 Å². The van der Waals surface area contributed by atoms with Gasteiger partial charge in [-0.1, -0.05) is 6.92 Å². The van der Waals surface area contributed by atoms with E-state index >= 15 is 0 Å². The van der Waals surface area contributed by atoms with Crippen LogP contribution in [-0.4, -0.2) is 73.2 Å². The van der Waals surface area contributed by atoms with Crippen molar-refractivity contribution in [3.05, 3.63) is 0 Å². The van der Waals surface area contributed by atoms with E-state index in [1.165, 1.54) is 38.9 Å². The number of nitrogens with one attached hydrogen (secondary N) is 2. The molecule has 0 unspecified atom stereocenters. The molecule has 1 rings (SSSR count). The van der Waals surface area contributed by atoms with Gasteiger partial charge >= 0.3 is 0 Å². The summed E-state index contributed by atoms with van der Waals surface area (Å²) in [6.45, 7) is 19.9. The molecule has 5 heteroatoms. The predicted octanol–water partition coefficient (Wildman–Crippen LogP) is 2.53. The topological polar surface area (TPSA) is 42.9 Å². The maximum absolute atomic E-state index is 4.81. The molecule has 142 valence electrons. The van der Waals surface area contributed by atoms with Crippen LogP contribution in [0.1, 0.15) is 60.8 Å². The molecule has 0 radical (unpaired) electrons. The second-order valence-electron chi connectivity index (χ2n) is 7.45. The first-order valence-electron chi connectivity index (χ1n) is 10.0. The van der Waals surface area contributed by atoms with Crippen molar-refractivity contribution in [2.45, 2.75) is 78.9 Å². The fraction of sp³-hybridized carbons (Fsp3) is 0.947. The molecule has 0 aromatic heterocycles. The molecule has 0 atom stereocenters. The van der Waals surface area contributed by atoms with Crippen LogP contribution in [0.5, 0.6) is 0 Å². The average molecular weight is 340 g/mol. The molecule has 0 bridgehead atoms. The molecule has 1 fully saturated rings. The molecule has 0 aromatic carbocycles. The lowest BCUT2D eigenvalue weighted by Gasteiger charge is -2.33. The second-order valence-corrected chi connectivity index (χ2v) is 7.45. The van der Waals surface area contributed by atoms with Crippen molar-refractivity contribution >= 4 is 5.96 Å². The molecule has 24 heavy (non-hydrogen) atoms. The summed E-state index contributed by atoms with van der Waals surface area (Å²) >= 11 is 0. The van der Waals surface area contributed by atoms with Crippen molar-refractivity contribution in [3.8, 4) is 0 Å².